The zero-order valence-corrected chi connectivity index (χ0v) is 16.4. The van der Waals surface area contributed by atoms with Crippen LogP contribution in [0.15, 0.2) is 95.9 Å². The quantitative estimate of drug-likeness (QED) is 0.465. The summed E-state index contributed by atoms with van der Waals surface area (Å²) >= 11 is 1.66. The van der Waals surface area contributed by atoms with Gasteiger partial charge in [-0.2, -0.15) is 0 Å². The number of amides is 1. The molecule has 0 spiro atoms. The van der Waals surface area contributed by atoms with E-state index in [0.29, 0.717) is 13.1 Å². The van der Waals surface area contributed by atoms with Gasteiger partial charge in [0.1, 0.15) is 0 Å². The first-order valence-corrected chi connectivity index (χ1v) is 10.2. The third kappa shape index (κ3) is 5.73. The molecule has 0 aliphatic heterocycles. The Hall–Kier alpha value is -2.52. The Kier molecular flexibility index (Phi) is 7.11. The van der Waals surface area contributed by atoms with Crippen molar-refractivity contribution < 1.29 is 4.79 Å². The number of nitrogens with zero attached hydrogens (tertiary/aromatic N) is 1. The van der Waals surface area contributed by atoms with E-state index < -0.39 is 0 Å². The van der Waals surface area contributed by atoms with Crippen LogP contribution in [0.5, 0.6) is 0 Å². The predicted molar refractivity (Wildman–Crippen MR) is 114 cm³/mol. The van der Waals surface area contributed by atoms with Gasteiger partial charge >= 0.3 is 0 Å². The van der Waals surface area contributed by atoms with E-state index in [1.165, 1.54) is 0 Å². The Balaban J connectivity index is 1.79. The molecule has 3 rings (SSSR count). The third-order valence-corrected chi connectivity index (χ3v) is 5.78. The fourth-order valence-electron chi connectivity index (χ4n) is 2.99. The second-order valence-electron chi connectivity index (χ2n) is 6.49. The summed E-state index contributed by atoms with van der Waals surface area (Å²) in [6.45, 7) is 3.34. The Morgan fingerprint density at radius 2 is 1.22 bits per heavy atom. The van der Waals surface area contributed by atoms with E-state index in [-0.39, 0.29) is 11.2 Å². The molecule has 3 aromatic carbocycles. The highest BCUT2D eigenvalue weighted by molar-refractivity contribution is 8.00. The Morgan fingerprint density at radius 1 is 0.778 bits per heavy atom. The van der Waals surface area contributed by atoms with Gasteiger partial charge in [0.15, 0.2) is 0 Å². The molecule has 3 heteroatoms. The van der Waals surface area contributed by atoms with Gasteiger partial charge in [0.05, 0.1) is 5.25 Å². The van der Waals surface area contributed by atoms with E-state index in [0.717, 1.165) is 22.4 Å². The van der Waals surface area contributed by atoms with E-state index in [2.05, 4.69) is 43.3 Å². The van der Waals surface area contributed by atoms with Gasteiger partial charge in [-0.3, -0.25) is 4.79 Å². The lowest BCUT2D eigenvalue weighted by Crippen LogP contribution is -2.36. The van der Waals surface area contributed by atoms with Gasteiger partial charge in [-0.1, -0.05) is 85.8 Å². The zero-order valence-electron chi connectivity index (χ0n) is 15.6. The normalized spacial score (nSPS) is 11.7. The van der Waals surface area contributed by atoms with Crippen molar-refractivity contribution in [3.05, 3.63) is 102 Å². The average Bonchev–Trinajstić information content (AvgIpc) is 2.73. The maximum Gasteiger partial charge on any atom is 0.236 e. The summed E-state index contributed by atoms with van der Waals surface area (Å²) in [5, 5.41) is -0.0835. The summed E-state index contributed by atoms with van der Waals surface area (Å²) in [4.78, 5) is 16.5. The Morgan fingerprint density at radius 3 is 1.67 bits per heavy atom. The highest BCUT2D eigenvalue weighted by Crippen LogP contribution is 2.27. The lowest BCUT2D eigenvalue weighted by atomic mass is 10.1. The van der Waals surface area contributed by atoms with Gasteiger partial charge in [0, 0.05) is 18.0 Å². The molecular weight excluding hydrogens is 350 g/mol. The Labute approximate surface area is 166 Å². The summed E-state index contributed by atoms with van der Waals surface area (Å²) in [6.07, 6.45) is 0.804. The monoisotopic (exact) mass is 375 g/mol. The van der Waals surface area contributed by atoms with Crippen LogP contribution in [0.25, 0.3) is 0 Å². The van der Waals surface area contributed by atoms with Gasteiger partial charge in [0.2, 0.25) is 5.91 Å². The van der Waals surface area contributed by atoms with Crippen molar-refractivity contribution in [2.75, 3.05) is 0 Å². The second-order valence-corrected chi connectivity index (χ2v) is 7.77. The molecule has 1 atom stereocenters. The fraction of sp³-hybridized carbons (Fsp3) is 0.208. The number of carbonyl (C=O) groups excluding carboxylic acids is 1. The standard InChI is InChI=1S/C24H25NOS/c1-2-23(27-22-16-10-5-11-17-22)24(26)25(18-20-12-6-3-7-13-20)19-21-14-8-4-9-15-21/h3-17,23H,2,18-19H2,1H3. The Bertz CT molecular complexity index is 779. The minimum atomic E-state index is -0.0835. The molecule has 0 aliphatic carbocycles. The molecule has 0 radical (unpaired) electrons. The maximum absolute atomic E-state index is 13.4. The fourth-order valence-corrected chi connectivity index (χ4v) is 4.05. The number of carbonyl (C=O) groups is 1. The first kappa shape index (κ1) is 19.2. The molecule has 0 heterocycles. The van der Waals surface area contributed by atoms with Crippen LogP contribution in [0.3, 0.4) is 0 Å². The predicted octanol–water partition coefficient (Wildman–Crippen LogP) is 5.79. The van der Waals surface area contributed by atoms with Crippen LogP contribution in [0.2, 0.25) is 0 Å². The van der Waals surface area contributed by atoms with Crippen molar-refractivity contribution in [2.45, 2.75) is 36.6 Å². The number of rotatable bonds is 8. The number of hydrogen-bond donors (Lipinski definition) is 0. The van der Waals surface area contributed by atoms with Crippen LogP contribution in [-0.2, 0) is 17.9 Å². The smallest absolute Gasteiger partial charge is 0.236 e. The highest BCUT2D eigenvalue weighted by atomic mass is 32.2. The van der Waals surface area contributed by atoms with Gasteiger partial charge < -0.3 is 4.90 Å². The molecule has 27 heavy (non-hydrogen) atoms. The summed E-state index contributed by atoms with van der Waals surface area (Å²) < 4.78 is 0. The second kappa shape index (κ2) is 9.98. The molecule has 0 fully saturated rings. The van der Waals surface area contributed by atoms with Crippen LogP contribution in [0.4, 0.5) is 0 Å². The molecule has 138 valence electrons. The molecule has 0 saturated carbocycles. The van der Waals surface area contributed by atoms with E-state index in [4.69, 9.17) is 0 Å². The summed E-state index contributed by atoms with van der Waals surface area (Å²) in [5.41, 5.74) is 2.31. The van der Waals surface area contributed by atoms with Crippen LogP contribution >= 0.6 is 11.8 Å². The minimum absolute atomic E-state index is 0.0835. The molecule has 1 amide bonds. The van der Waals surface area contributed by atoms with Gasteiger partial charge in [-0.05, 0) is 29.7 Å². The van der Waals surface area contributed by atoms with Crippen molar-refractivity contribution in [3.8, 4) is 0 Å². The first-order valence-electron chi connectivity index (χ1n) is 9.34. The lowest BCUT2D eigenvalue weighted by Gasteiger charge is -2.27. The zero-order chi connectivity index (χ0) is 18.9. The number of thioether (sulfide) groups is 1. The minimum Gasteiger partial charge on any atom is -0.333 e. The molecule has 0 aromatic heterocycles. The van der Waals surface area contributed by atoms with E-state index in [1.54, 1.807) is 11.8 Å². The third-order valence-electron chi connectivity index (χ3n) is 4.41. The SMILES string of the molecule is CCC(Sc1ccccc1)C(=O)N(Cc1ccccc1)Cc1ccccc1. The largest absolute Gasteiger partial charge is 0.333 e. The van der Waals surface area contributed by atoms with Crippen LogP contribution in [0.1, 0.15) is 24.5 Å². The van der Waals surface area contributed by atoms with Gasteiger partial charge in [-0.15, -0.1) is 11.8 Å². The number of benzene rings is 3. The molecule has 2 nitrogen and oxygen atoms in total. The molecule has 0 saturated heterocycles. The van der Waals surface area contributed by atoms with Crippen molar-refractivity contribution >= 4 is 17.7 Å². The van der Waals surface area contributed by atoms with Crippen LogP contribution in [0, 0.1) is 0 Å². The van der Waals surface area contributed by atoms with Gasteiger partial charge in [0.25, 0.3) is 0 Å². The highest BCUT2D eigenvalue weighted by Gasteiger charge is 2.24. The summed E-state index contributed by atoms with van der Waals surface area (Å²) in [6, 6.07) is 30.6. The summed E-state index contributed by atoms with van der Waals surface area (Å²) in [7, 11) is 0. The molecule has 3 aromatic rings. The van der Waals surface area contributed by atoms with Gasteiger partial charge in [-0.25, -0.2) is 0 Å². The molecular formula is C24H25NOS. The van der Waals surface area contributed by atoms with E-state index in [1.807, 2.05) is 59.5 Å². The van der Waals surface area contributed by atoms with Crippen molar-refractivity contribution in [1.82, 2.24) is 4.90 Å². The van der Waals surface area contributed by atoms with E-state index in [9.17, 15) is 4.79 Å². The number of hydrogen-bond acceptors (Lipinski definition) is 2. The van der Waals surface area contributed by atoms with Crippen LogP contribution in [-0.4, -0.2) is 16.1 Å². The van der Waals surface area contributed by atoms with Crippen molar-refractivity contribution in [3.63, 3.8) is 0 Å². The average molecular weight is 376 g/mol. The maximum atomic E-state index is 13.4. The van der Waals surface area contributed by atoms with Crippen LogP contribution < -0.4 is 0 Å². The topological polar surface area (TPSA) is 20.3 Å². The van der Waals surface area contributed by atoms with E-state index >= 15 is 0 Å². The lowest BCUT2D eigenvalue weighted by molar-refractivity contribution is -0.131. The summed E-state index contributed by atoms with van der Waals surface area (Å²) in [5.74, 6) is 0.194. The molecule has 0 bridgehead atoms. The van der Waals surface area contributed by atoms with Crippen molar-refractivity contribution in [2.24, 2.45) is 0 Å². The molecule has 0 N–H and O–H groups in total. The first-order chi connectivity index (χ1) is 13.3. The molecule has 0 aliphatic rings. The van der Waals surface area contributed by atoms with Crippen molar-refractivity contribution in [1.29, 1.82) is 0 Å². The molecule has 1 unspecified atom stereocenters.